The molecule has 2 N–H and O–H groups in total. The van der Waals surface area contributed by atoms with Gasteiger partial charge in [0.05, 0.1) is 5.75 Å². The minimum absolute atomic E-state index is 0.114. The molecule has 7 heteroatoms. The Kier molecular flexibility index (Phi) is 8.17. The highest BCUT2D eigenvalue weighted by Gasteiger charge is 2.09. The largest absolute Gasteiger partial charge is 0.314 e. The van der Waals surface area contributed by atoms with Crippen LogP contribution >= 0.6 is 0 Å². The number of nitrogens with one attached hydrogen (secondary N) is 2. The molecule has 0 spiro atoms. The molecule has 0 amide bonds. The van der Waals surface area contributed by atoms with Gasteiger partial charge in [-0.2, -0.15) is 0 Å². The van der Waals surface area contributed by atoms with Gasteiger partial charge >= 0.3 is 0 Å². The summed E-state index contributed by atoms with van der Waals surface area (Å²) in [6.45, 7) is 4.98. The van der Waals surface area contributed by atoms with E-state index in [2.05, 4.69) is 10.0 Å². The summed E-state index contributed by atoms with van der Waals surface area (Å²) in [6, 6.07) is 0.373. The minimum Gasteiger partial charge on any atom is -0.314 e. The smallest absolute Gasteiger partial charge is 0.211 e. The van der Waals surface area contributed by atoms with E-state index in [-0.39, 0.29) is 12.3 Å². The lowest BCUT2D eigenvalue weighted by atomic mass is 10.4. The van der Waals surface area contributed by atoms with Crippen molar-refractivity contribution in [3.8, 4) is 0 Å². The molecule has 0 aromatic carbocycles. The summed E-state index contributed by atoms with van der Waals surface area (Å²) in [5, 5.41) is 3.15. The van der Waals surface area contributed by atoms with Crippen LogP contribution in [0.15, 0.2) is 0 Å². The lowest BCUT2D eigenvalue weighted by Crippen LogP contribution is -2.32. The maximum Gasteiger partial charge on any atom is 0.211 e. The van der Waals surface area contributed by atoms with Crippen molar-refractivity contribution in [3.05, 3.63) is 0 Å². The van der Waals surface area contributed by atoms with Crippen LogP contribution in [0.5, 0.6) is 0 Å². The zero-order valence-electron chi connectivity index (χ0n) is 10.2. The first-order valence-electron chi connectivity index (χ1n) is 5.34. The third-order valence-corrected chi connectivity index (χ3v) is 4.10. The number of sulfonamides is 1. The molecular formula is C9H22N2O3S2. The second kappa shape index (κ2) is 8.16. The van der Waals surface area contributed by atoms with Crippen LogP contribution in [-0.2, 0) is 20.8 Å². The van der Waals surface area contributed by atoms with Gasteiger partial charge in [-0.3, -0.25) is 4.21 Å². The summed E-state index contributed by atoms with van der Waals surface area (Å²) in [5.74, 6) is 0.479. The van der Waals surface area contributed by atoms with E-state index in [0.717, 1.165) is 0 Å². The first-order valence-corrected chi connectivity index (χ1v) is 8.72. The van der Waals surface area contributed by atoms with Crippen LogP contribution in [0, 0.1) is 0 Å². The molecule has 1 unspecified atom stereocenters. The van der Waals surface area contributed by atoms with Crippen LogP contribution in [-0.4, -0.2) is 49.5 Å². The van der Waals surface area contributed by atoms with Crippen molar-refractivity contribution in [3.63, 3.8) is 0 Å². The van der Waals surface area contributed by atoms with Crippen molar-refractivity contribution in [2.75, 3.05) is 30.9 Å². The third-order valence-electron chi connectivity index (χ3n) is 1.85. The summed E-state index contributed by atoms with van der Waals surface area (Å²) in [4.78, 5) is 0. The van der Waals surface area contributed by atoms with Gasteiger partial charge < -0.3 is 5.32 Å². The van der Waals surface area contributed by atoms with Gasteiger partial charge in [-0.15, -0.1) is 0 Å². The number of hydrogen-bond acceptors (Lipinski definition) is 4. The van der Waals surface area contributed by atoms with Crippen molar-refractivity contribution in [2.45, 2.75) is 26.3 Å². The fraction of sp³-hybridized carbons (Fsp3) is 1.00. The van der Waals surface area contributed by atoms with Crippen LogP contribution in [0.25, 0.3) is 0 Å². The summed E-state index contributed by atoms with van der Waals surface area (Å²) >= 11 is 0. The van der Waals surface area contributed by atoms with Gasteiger partial charge in [0.15, 0.2) is 0 Å². The normalized spacial score (nSPS) is 14.2. The molecule has 0 bridgehead atoms. The number of hydrogen-bond donors (Lipinski definition) is 2. The molecular weight excluding hydrogens is 248 g/mol. The summed E-state index contributed by atoms with van der Waals surface area (Å²) in [5.41, 5.74) is 0. The van der Waals surface area contributed by atoms with Crippen LogP contribution < -0.4 is 10.0 Å². The van der Waals surface area contributed by atoms with Gasteiger partial charge in [0.2, 0.25) is 10.0 Å². The van der Waals surface area contributed by atoms with Gasteiger partial charge in [0.25, 0.3) is 0 Å². The average molecular weight is 270 g/mol. The minimum atomic E-state index is -3.20. The quantitative estimate of drug-likeness (QED) is 0.563. The van der Waals surface area contributed by atoms with Crippen molar-refractivity contribution in [2.24, 2.45) is 0 Å². The van der Waals surface area contributed by atoms with Gasteiger partial charge in [0, 0.05) is 35.4 Å². The Bertz CT molecular complexity index is 302. The van der Waals surface area contributed by atoms with Crippen molar-refractivity contribution in [1.82, 2.24) is 10.0 Å². The fourth-order valence-electron chi connectivity index (χ4n) is 1.07. The van der Waals surface area contributed by atoms with Crippen LogP contribution in [0.2, 0.25) is 0 Å². The molecule has 16 heavy (non-hydrogen) atoms. The maximum atomic E-state index is 11.4. The summed E-state index contributed by atoms with van der Waals surface area (Å²) in [7, 11) is -4.15. The van der Waals surface area contributed by atoms with Crippen molar-refractivity contribution < 1.29 is 12.6 Å². The molecule has 0 rings (SSSR count). The van der Waals surface area contributed by atoms with E-state index in [0.29, 0.717) is 24.8 Å². The van der Waals surface area contributed by atoms with Gasteiger partial charge in [0.1, 0.15) is 0 Å². The monoisotopic (exact) mass is 270 g/mol. The van der Waals surface area contributed by atoms with Crippen LogP contribution in [0.4, 0.5) is 0 Å². The van der Waals surface area contributed by atoms with E-state index >= 15 is 0 Å². The molecule has 98 valence electrons. The predicted octanol–water partition coefficient (Wildman–Crippen LogP) is -0.328. The first-order chi connectivity index (χ1) is 7.33. The molecule has 0 aromatic heterocycles. The van der Waals surface area contributed by atoms with E-state index < -0.39 is 20.8 Å². The lowest BCUT2D eigenvalue weighted by molar-refractivity contribution is 0.562. The summed E-state index contributed by atoms with van der Waals surface area (Å²) < 4.78 is 36.0. The molecule has 5 nitrogen and oxygen atoms in total. The highest BCUT2D eigenvalue weighted by molar-refractivity contribution is 7.89. The molecule has 0 heterocycles. The fourth-order valence-corrected chi connectivity index (χ4v) is 2.67. The molecule has 0 radical (unpaired) electrons. The Morgan fingerprint density at radius 3 is 2.38 bits per heavy atom. The highest BCUT2D eigenvalue weighted by Crippen LogP contribution is 1.89. The first kappa shape index (κ1) is 16.0. The molecule has 0 saturated carbocycles. The van der Waals surface area contributed by atoms with E-state index in [1.54, 1.807) is 6.26 Å². The van der Waals surface area contributed by atoms with Gasteiger partial charge in [-0.1, -0.05) is 13.8 Å². The van der Waals surface area contributed by atoms with E-state index in [1.807, 2.05) is 13.8 Å². The zero-order valence-corrected chi connectivity index (χ0v) is 11.8. The Labute approximate surface area is 101 Å². The Balaban J connectivity index is 3.67. The van der Waals surface area contributed by atoms with Crippen molar-refractivity contribution in [1.29, 1.82) is 0 Å². The second-order valence-electron chi connectivity index (χ2n) is 3.95. The summed E-state index contributed by atoms with van der Waals surface area (Å²) in [6.07, 6.45) is 2.14. The van der Waals surface area contributed by atoms with Gasteiger partial charge in [-0.05, 0) is 13.0 Å². The Hall–Kier alpha value is 0.0200. The maximum absolute atomic E-state index is 11.4. The molecule has 0 fully saturated rings. The second-order valence-corrected chi connectivity index (χ2v) is 7.43. The molecule has 1 atom stereocenters. The number of rotatable bonds is 9. The SMILES string of the molecule is CC(C)NCCCS(=O)(=O)NCCS(C)=O. The standard InChI is InChI=1S/C9H22N2O3S2/c1-9(2)10-5-4-8-16(13,14)11-6-7-15(3)12/h9-11H,4-8H2,1-3H3. The Morgan fingerprint density at radius 1 is 1.25 bits per heavy atom. The third kappa shape index (κ3) is 10.5. The van der Waals surface area contributed by atoms with E-state index in [9.17, 15) is 12.6 Å². The Morgan fingerprint density at radius 2 is 1.88 bits per heavy atom. The lowest BCUT2D eigenvalue weighted by Gasteiger charge is -2.08. The van der Waals surface area contributed by atoms with Crippen LogP contribution in [0.1, 0.15) is 20.3 Å². The highest BCUT2D eigenvalue weighted by atomic mass is 32.2. The molecule has 0 aliphatic carbocycles. The average Bonchev–Trinajstić information content (AvgIpc) is 2.11. The van der Waals surface area contributed by atoms with Crippen LogP contribution in [0.3, 0.4) is 0 Å². The van der Waals surface area contributed by atoms with Gasteiger partial charge in [-0.25, -0.2) is 13.1 Å². The zero-order chi connectivity index (χ0) is 12.6. The van der Waals surface area contributed by atoms with E-state index in [1.165, 1.54) is 0 Å². The molecule has 0 aromatic rings. The molecule has 0 aliphatic heterocycles. The van der Waals surface area contributed by atoms with E-state index in [4.69, 9.17) is 0 Å². The topological polar surface area (TPSA) is 75.3 Å². The predicted molar refractivity (Wildman–Crippen MR) is 68.5 cm³/mol. The molecule has 0 aliphatic rings. The molecule has 0 saturated heterocycles. The van der Waals surface area contributed by atoms with Crippen molar-refractivity contribution >= 4 is 20.8 Å².